The lowest BCUT2D eigenvalue weighted by Crippen LogP contribution is -2.62. The van der Waals surface area contributed by atoms with Gasteiger partial charge in [0.15, 0.2) is 11.6 Å². The third kappa shape index (κ3) is 19.1. The van der Waals surface area contributed by atoms with Crippen molar-refractivity contribution in [2.45, 2.75) is 204 Å². The summed E-state index contributed by atoms with van der Waals surface area (Å²) >= 11 is 0. The summed E-state index contributed by atoms with van der Waals surface area (Å²) in [4.78, 5) is 164. The number of nitrogens with one attached hydrogen (secondary N) is 4. The van der Waals surface area contributed by atoms with E-state index in [0.29, 0.717) is 6.42 Å². The quantitative estimate of drug-likeness (QED) is 0.187. The number of carbonyl (C=O) groups is 11. The van der Waals surface area contributed by atoms with Crippen molar-refractivity contribution in [2.24, 2.45) is 41.4 Å². The fourth-order valence-corrected chi connectivity index (χ4v) is 9.69. The normalized spacial score (nSPS) is 28.8. The van der Waals surface area contributed by atoms with Gasteiger partial charge in [-0.3, -0.25) is 52.8 Å². The number of urea groups is 1. The van der Waals surface area contributed by atoms with E-state index >= 15 is 0 Å². The van der Waals surface area contributed by atoms with Crippen molar-refractivity contribution < 1.29 is 57.8 Å². The minimum atomic E-state index is -1.58. The van der Waals surface area contributed by atoms with E-state index in [4.69, 9.17) is 0 Å². The smallest absolute Gasteiger partial charge is 0.320 e. The summed E-state index contributed by atoms with van der Waals surface area (Å²) in [5.74, 6) is -10.3. The van der Waals surface area contributed by atoms with E-state index in [2.05, 4.69) is 21.3 Å². The van der Waals surface area contributed by atoms with Gasteiger partial charge in [-0.05, 0) is 84.0 Å². The summed E-state index contributed by atoms with van der Waals surface area (Å²) in [5, 5.41) is 22.7. The highest BCUT2D eigenvalue weighted by atomic mass is 16.3. The Kier molecular flexibility index (Phi) is 28.6. The second-order valence-corrected chi connectivity index (χ2v) is 23.5. The van der Waals surface area contributed by atoms with E-state index < -0.39 is 162 Å². The maximum atomic E-state index is 14.8. The maximum absolute atomic E-state index is 14.8. The van der Waals surface area contributed by atoms with E-state index in [1.807, 2.05) is 27.7 Å². The molecule has 1 aliphatic heterocycles. The van der Waals surface area contributed by atoms with E-state index in [0.717, 1.165) is 14.7 Å². The molecule has 22 nitrogen and oxygen atoms in total. The monoisotopic (exact) mass is 1120 g/mol. The zero-order valence-corrected chi connectivity index (χ0v) is 51.6. The number of nitrogens with zero attached hydrogens (tertiary/aromatic N) is 6. The molecule has 5 N–H and O–H groups in total. The van der Waals surface area contributed by atoms with Gasteiger partial charge >= 0.3 is 6.03 Å². The molecule has 450 valence electrons. The molecule has 22 heteroatoms. The third-order valence-corrected chi connectivity index (χ3v) is 15.4. The summed E-state index contributed by atoms with van der Waals surface area (Å²) in [7, 11) is 7.01. The summed E-state index contributed by atoms with van der Waals surface area (Å²) in [6.07, 6.45) is 2.63. The molecule has 1 saturated heterocycles. The van der Waals surface area contributed by atoms with Crippen LogP contribution in [0.2, 0.25) is 0 Å². The first-order valence-corrected chi connectivity index (χ1v) is 28.1. The number of allylic oxidation sites excluding steroid dienone is 2. The zero-order valence-electron chi connectivity index (χ0n) is 51.6. The van der Waals surface area contributed by atoms with Gasteiger partial charge in [-0.1, -0.05) is 95.2 Å². The number of carbonyl (C=O) groups excluding carboxylic acids is 11. The summed E-state index contributed by atoms with van der Waals surface area (Å²) in [5.41, 5.74) is 0. The second kappa shape index (κ2) is 31.8. The molecular weight excluding hydrogens is 1020 g/mol. The minimum Gasteiger partial charge on any atom is -0.373 e. The van der Waals surface area contributed by atoms with Crippen molar-refractivity contribution in [3.63, 3.8) is 0 Å². The van der Waals surface area contributed by atoms with E-state index in [-0.39, 0.29) is 31.1 Å². The number of hydrogen-bond donors (Lipinski definition) is 5. The highest BCUT2D eigenvalue weighted by Gasteiger charge is 2.44. The van der Waals surface area contributed by atoms with Crippen molar-refractivity contribution in [2.75, 3.05) is 41.8 Å². The van der Waals surface area contributed by atoms with E-state index in [9.17, 15) is 57.8 Å². The predicted octanol–water partition coefficient (Wildman–Crippen LogP) is 3.19. The van der Waals surface area contributed by atoms with E-state index in [1.165, 1.54) is 91.5 Å². The van der Waals surface area contributed by atoms with Gasteiger partial charge in [-0.25, -0.2) is 4.79 Å². The van der Waals surface area contributed by atoms with Crippen LogP contribution < -0.4 is 21.3 Å². The molecule has 1 aliphatic rings. The van der Waals surface area contributed by atoms with Crippen LogP contribution in [-0.2, 0) is 47.9 Å². The highest BCUT2D eigenvalue weighted by Crippen LogP contribution is 2.26. The number of aliphatic hydroxyl groups excluding tert-OH is 1. The van der Waals surface area contributed by atoms with Crippen LogP contribution in [0.3, 0.4) is 0 Å². The molecule has 0 radical (unpaired) electrons. The summed E-state index contributed by atoms with van der Waals surface area (Å²) in [6, 6.07) is -11.7. The van der Waals surface area contributed by atoms with E-state index in [1.54, 1.807) is 60.6 Å². The van der Waals surface area contributed by atoms with Crippen molar-refractivity contribution in [1.29, 1.82) is 0 Å². The van der Waals surface area contributed by atoms with Gasteiger partial charge in [0, 0.05) is 53.0 Å². The molecule has 0 aromatic carbocycles. The van der Waals surface area contributed by atoms with Crippen LogP contribution in [-0.4, -0.2) is 202 Å². The molecule has 1 rings (SSSR count). The Labute approximate surface area is 471 Å². The van der Waals surface area contributed by atoms with Gasteiger partial charge in [0.25, 0.3) is 0 Å². The number of amides is 10. The van der Waals surface area contributed by atoms with Crippen LogP contribution >= 0.6 is 0 Å². The molecule has 13 atom stereocenters. The Balaban J connectivity index is 4.11. The second-order valence-electron chi connectivity index (χ2n) is 23.5. The molecule has 0 spiro atoms. The summed E-state index contributed by atoms with van der Waals surface area (Å²) < 4.78 is 0. The van der Waals surface area contributed by atoms with Gasteiger partial charge in [-0.2, -0.15) is 0 Å². The summed E-state index contributed by atoms with van der Waals surface area (Å²) in [6.45, 7) is 27.7. The van der Waals surface area contributed by atoms with Crippen LogP contribution in [0.15, 0.2) is 12.2 Å². The lowest BCUT2D eigenvalue weighted by atomic mass is 9.86. The number of ketones is 2. The largest absolute Gasteiger partial charge is 0.373 e. The minimum absolute atomic E-state index is 0.0206. The average Bonchev–Trinajstić information content (AvgIpc) is 3.38. The molecule has 10 amide bonds. The van der Waals surface area contributed by atoms with Gasteiger partial charge in [0.05, 0.1) is 24.7 Å². The Hall–Kier alpha value is -5.93. The van der Waals surface area contributed by atoms with Crippen molar-refractivity contribution in [3.8, 4) is 0 Å². The number of aliphatic hydroxyl groups is 1. The Morgan fingerprint density at radius 3 is 1.54 bits per heavy atom. The first kappa shape index (κ1) is 71.1. The fourth-order valence-electron chi connectivity index (χ4n) is 9.69. The molecule has 0 bridgehead atoms. The van der Waals surface area contributed by atoms with Gasteiger partial charge in [-0.15, -0.1) is 0 Å². The lowest BCUT2D eigenvalue weighted by Gasteiger charge is -2.40. The van der Waals surface area contributed by atoms with Crippen LogP contribution in [0.25, 0.3) is 0 Å². The third-order valence-electron chi connectivity index (χ3n) is 15.4. The van der Waals surface area contributed by atoms with Crippen LogP contribution in [0.1, 0.15) is 143 Å². The Morgan fingerprint density at radius 2 is 1.06 bits per heavy atom. The molecule has 0 saturated carbocycles. The zero-order chi connectivity index (χ0) is 61.4. The van der Waals surface area contributed by atoms with Gasteiger partial charge < -0.3 is 50.9 Å². The van der Waals surface area contributed by atoms with Crippen LogP contribution in [0.4, 0.5) is 4.79 Å². The maximum Gasteiger partial charge on any atom is 0.320 e. The molecule has 79 heavy (non-hydrogen) atoms. The standard InChI is InChI=1S/C57H100N10O12/c1-23-25-26-34(11)52(74)67-40(17)48(70)46(33(9)10)66(22)53(75)36(13)35(12)47(69)39(16)63(19)54(76)38(15)59-49(71)37(14)58-50(72)43(28-31(5)6)65(21)56(78)45(32(7)8)61-51(73)42(27-30(3)4)64(20)44(68)29-62(18)55(77)41(24-2)60-57(67)79/h23,25,30-43,45-46,52,74H,24,26-29H2,1-22H3,(H,58,72)(H,59,71)(H,60,79)(H,61,73). The topological polar surface area (TPSA) is 276 Å². The number of likely N-dealkylation sites (N-methyl/N-ethyl adjacent to an activating group) is 5. The number of rotatable bonds is 11. The highest BCUT2D eigenvalue weighted by molar-refractivity contribution is 6.00. The Morgan fingerprint density at radius 1 is 0.557 bits per heavy atom. The Bertz CT molecular complexity index is 2180. The SMILES string of the molecule is CC=CCC(C)C(O)N1C(=O)NC(CC)C(=O)N(C)CC(=O)N(C)C(CC(C)C)C(=O)NC(C(C)C)C(=O)N(C)C(CC(C)C)C(=O)NC(C)C(=O)NC(C)C(=O)N(C)C(C)C(=O)C(C)C(C)C(=O)N(C)C(C(C)C)C(=O)C1C. The van der Waals surface area contributed by atoms with Gasteiger partial charge in [0.2, 0.25) is 47.3 Å². The van der Waals surface area contributed by atoms with Crippen molar-refractivity contribution in [3.05, 3.63) is 12.2 Å². The first-order chi connectivity index (χ1) is 36.4. The molecular formula is C57H100N10O12. The van der Waals surface area contributed by atoms with Crippen molar-refractivity contribution >= 4 is 64.9 Å². The van der Waals surface area contributed by atoms with Gasteiger partial charge in [0.1, 0.15) is 42.5 Å². The molecule has 0 aliphatic carbocycles. The molecule has 1 fully saturated rings. The average molecular weight is 1120 g/mol. The predicted molar refractivity (Wildman–Crippen MR) is 302 cm³/mol. The van der Waals surface area contributed by atoms with Crippen LogP contribution in [0.5, 0.6) is 0 Å². The molecule has 13 unspecified atom stereocenters. The number of hydrogen-bond acceptors (Lipinski definition) is 12. The van der Waals surface area contributed by atoms with Crippen LogP contribution in [0, 0.1) is 41.4 Å². The number of Topliss-reactive ketones (excluding diaryl/α,β-unsaturated/α-hetero) is 2. The fraction of sp³-hybridized carbons (Fsp3) is 0.772. The van der Waals surface area contributed by atoms with Crippen molar-refractivity contribution in [1.82, 2.24) is 50.7 Å². The lowest BCUT2D eigenvalue weighted by molar-refractivity contribution is -0.149. The molecule has 0 aromatic heterocycles. The molecule has 1 heterocycles. The molecule has 0 aromatic rings. The first-order valence-electron chi connectivity index (χ1n) is 28.1.